The number of para-hydroxylation sites is 1. The number of hydrogen-bond acceptors (Lipinski definition) is 3. The van der Waals surface area contributed by atoms with Crippen LogP contribution >= 0.6 is 0 Å². The molecule has 1 heterocycles. The molecule has 0 aromatic heterocycles. The summed E-state index contributed by atoms with van der Waals surface area (Å²) in [4.78, 5) is 11.2. The number of aromatic carboxylic acids is 1. The first-order valence-electron chi connectivity index (χ1n) is 6.98. The van der Waals surface area contributed by atoms with Gasteiger partial charge in [-0.2, -0.15) is 0 Å². The van der Waals surface area contributed by atoms with Crippen molar-refractivity contribution in [3.05, 3.63) is 59.2 Å². The number of anilines is 1. The first-order valence-corrected chi connectivity index (χ1v) is 6.98. The van der Waals surface area contributed by atoms with Gasteiger partial charge in [0, 0.05) is 17.7 Å². The summed E-state index contributed by atoms with van der Waals surface area (Å²) in [6, 6.07) is 13.4. The average molecular weight is 283 g/mol. The molecule has 0 spiro atoms. The van der Waals surface area contributed by atoms with Gasteiger partial charge >= 0.3 is 5.97 Å². The highest BCUT2D eigenvalue weighted by molar-refractivity contribution is 5.91. The fraction of sp³-hybridized carbons (Fsp3) is 0.235. The normalized spacial score (nSPS) is 16.7. The number of benzene rings is 2. The first-order chi connectivity index (χ1) is 10.2. The number of carboxylic acids is 1. The van der Waals surface area contributed by atoms with Gasteiger partial charge in [-0.15, -0.1) is 0 Å². The number of rotatable bonds is 3. The lowest BCUT2D eigenvalue weighted by Crippen LogP contribution is -2.21. The summed E-state index contributed by atoms with van der Waals surface area (Å²) in [6.45, 7) is 2.49. The summed E-state index contributed by atoms with van der Waals surface area (Å²) in [6.07, 6.45) is 0.855. The molecule has 4 heteroatoms. The van der Waals surface area contributed by atoms with E-state index in [0.717, 1.165) is 29.0 Å². The van der Waals surface area contributed by atoms with Crippen LogP contribution in [-0.2, 0) is 0 Å². The second-order valence-electron chi connectivity index (χ2n) is 5.16. The van der Waals surface area contributed by atoms with Crippen LogP contribution in [-0.4, -0.2) is 17.7 Å². The molecule has 0 radical (unpaired) electrons. The Morgan fingerprint density at radius 3 is 2.86 bits per heavy atom. The van der Waals surface area contributed by atoms with Gasteiger partial charge in [0.15, 0.2) is 0 Å². The molecular weight excluding hydrogens is 266 g/mol. The third-order valence-corrected chi connectivity index (χ3v) is 3.85. The van der Waals surface area contributed by atoms with Gasteiger partial charge in [0.25, 0.3) is 0 Å². The fourth-order valence-electron chi connectivity index (χ4n) is 2.70. The molecule has 0 saturated heterocycles. The molecule has 0 saturated carbocycles. The Bertz CT molecular complexity index is 681. The molecule has 1 aliphatic heterocycles. The van der Waals surface area contributed by atoms with E-state index >= 15 is 0 Å². The van der Waals surface area contributed by atoms with Crippen LogP contribution < -0.4 is 10.1 Å². The summed E-state index contributed by atoms with van der Waals surface area (Å²) >= 11 is 0. The van der Waals surface area contributed by atoms with Crippen LogP contribution in [0, 0.1) is 6.92 Å². The number of fused-ring (bicyclic) bond motifs is 1. The first kappa shape index (κ1) is 13.5. The minimum absolute atomic E-state index is 0.137. The number of carbonyl (C=O) groups is 1. The number of ether oxygens (including phenoxy) is 1. The lowest BCUT2D eigenvalue weighted by atomic mass is 9.99. The molecule has 1 aliphatic rings. The molecule has 3 rings (SSSR count). The van der Waals surface area contributed by atoms with Crippen LogP contribution in [0.3, 0.4) is 0 Å². The molecule has 2 N–H and O–H groups in total. The molecule has 0 bridgehead atoms. The second-order valence-corrected chi connectivity index (χ2v) is 5.16. The minimum atomic E-state index is -0.900. The molecule has 0 amide bonds. The summed E-state index contributed by atoms with van der Waals surface area (Å²) in [5, 5.41) is 12.7. The van der Waals surface area contributed by atoms with E-state index < -0.39 is 5.97 Å². The fourth-order valence-corrected chi connectivity index (χ4v) is 2.70. The van der Waals surface area contributed by atoms with Crippen molar-refractivity contribution >= 4 is 11.7 Å². The van der Waals surface area contributed by atoms with E-state index in [1.807, 2.05) is 37.3 Å². The SMILES string of the molecule is Cc1c(NC2CCOc3ccccc32)cccc1C(=O)O. The van der Waals surface area contributed by atoms with Gasteiger partial charge < -0.3 is 15.2 Å². The van der Waals surface area contributed by atoms with Crippen molar-refractivity contribution in [3.8, 4) is 5.75 Å². The lowest BCUT2D eigenvalue weighted by Gasteiger charge is -2.28. The van der Waals surface area contributed by atoms with Gasteiger partial charge in [-0.3, -0.25) is 0 Å². The van der Waals surface area contributed by atoms with Crippen molar-refractivity contribution in [2.24, 2.45) is 0 Å². The Balaban J connectivity index is 1.92. The Hall–Kier alpha value is -2.49. The third kappa shape index (κ3) is 2.57. The van der Waals surface area contributed by atoms with Crippen LogP contribution in [0.4, 0.5) is 5.69 Å². The summed E-state index contributed by atoms with van der Waals surface area (Å²) < 4.78 is 5.65. The van der Waals surface area contributed by atoms with E-state index in [-0.39, 0.29) is 6.04 Å². The number of carboxylic acid groups (broad SMARTS) is 1. The van der Waals surface area contributed by atoms with Crippen LogP contribution in [0.1, 0.15) is 33.9 Å². The van der Waals surface area contributed by atoms with Crippen molar-refractivity contribution in [2.75, 3.05) is 11.9 Å². The molecule has 0 fully saturated rings. The highest BCUT2D eigenvalue weighted by Crippen LogP contribution is 2.35. The molecule has 1 atom stereocenters. The average Bonchev–Trinajstić information content (AvgIpc) is 2.49. The molecular formula is C17H17NO3. The predicted molar refractivity (Wildman–Crippen MR) is 81.1 cm³/mol. The molecule has 2 aromatic carbocycles. The van der Waals surface area contributed by atoms with Crippen LogP contribution in [0.5, 0.6) is 5.75 Å². The Morgan fingerprint density at radius 1 is 1.24 bits per heavy atom. The predicted octanol–water partition coefficient (Wildman–Crippen LogP) is 3.63. The van der Waals surface area contributed by atoms with Crippen molar-refractivity contribution in [1.82, 2.24) is 0 Å². The maximum Gasteiger partial charge on any atom is 0.336 e. The zero-order valence-corrected chi connectivity index (χ0v) is 11.8. The highest BCUT2D eigenvalue weighted by atomic mass is 16.5. The molecule has 1 unspecified atom stereocenters. The monoisotopic (exact) mass is 283 g/mol. The maximum atomic E-state index is 11.2. The van der Waals surface area contributed by atoms with Gasteiger partial charge in [0.05, 0.1) is 18.2 Å². The standard InChI is InChI=1S/C17H17NO3/c1-11-12(17(19)20)6-4-7-14(11)18-15-9-10-21-16-8-3-2-5-13(15)16/h2-8,15,18H,9-10H2,1H3,(H,19,20). The van der Waals surface area contributed by atoms with Crippen molar-refractivity contribution in [1.29, 1.82) is 0 Å². The maximum absolute atomic E-state index is 11.2. The quantitative estimate of drug-likeness (QED) is 0.903. The van der Waals surface area contributed by atoms with Crippen LogP contribution in [0.2, 0.25) is 0 Å². The van der Waals surface area contributed by atoms with E-state index in [9.17, 15) is 9.90 Å². The lowest BCUT2D eigenvalue weighted by molar-refractivity contribution is 0.0696. The van der Waals surface area contributed by atoms with Crippen molar-refractivity contribution in [3.63, 3.8) is 0 Å². The van der Waals surface area contributed by atoms with Gasteiger partial charge in [-0.05, 0) is 30.7 Å². The Labute approximate surface area is 123 Å². The van der Waals surface area contributed by atoms with E-state index in [1.54, 1.807) is 12.1 Å². The topological polar surface area (TPSA) is 58.6 Å². The van der Waals surface area contributed by atoms with E-state index in [2.05, 4.69) is 5.32 Å². The van der Waals surface area contributed by atoms with Crippen molar-refractivity contribution in [2.45, 2.75) is 19.4 Å². The minimum Gasteiger partial charge on any atom is -0.493 e. The number of hydrogen-bond donors (Lipinski definition) is 2. The van der Waals surface area contributed by atoms with E-state index in [4.69, 9.17) is 4.74 Å². The molecule has 21 heavy (non-hydrogen) atoms. The van der Waals surface area contributed by atoms with Gasteiger partial charge in [-0.1, -0.05) is 24.3 Å². The summed E-state index contributed by atoms with van der Waals surface area (Å²) in [5.74, 6) is -0.00294. The summed E-state index contributed by atoms with van der Waals surface area (Å²) in [5.41, 5.74) is 3.06. The summed E-state index contributed by atoms with van der Waals surface area (Å²) in [7, 11) is 0. The van der Waals surface area contributed by atoms with Crippen LogP contribution in [0.25, 0.3) is 0 Å². The zero-order valence-electron chi connectivity index (χ0n) is 11.8. The Morgan fingerprint density at radius 2 is 2.05 bits per heavy atom. The zero-order chi connectivity index (χ0) is 14.8. The largest absolute Gasteiger partial charge is 0.493 e. The number of nitrogens with one attached hydrogen (secondary N) is 1. The molecule has 2 aromatic rings. The van der Waals surface area contributed by atoms with Crippen molar-refractivity contribution < 1.29 is 14.6 Å². The Kier molecular flexibility index (Phi) is 3.52. The molecule has 108 valence electrons. The smallest absolute Gasteiger partial charge is 0.336 e. The third-order valence-electron chi connectivity index (χ3n) is 3.85. The molecule has 4 nitrogen and oxygen atoms in total. The van der Waals surface area contributed by atoms with Gasteiger partial charge in [0.1, 0.15) is 5.75 Å². The van der Waals surface area contributed by atoms with E-state index in [1.165, 1.54) is 0 Å². The highest BCUT2D eigenvalue weighted by Gasteiger charge is 2.22. The van der Waals surface area contributed by atoms with Gasteiger partial charge in [0.2, 0.25) is 0 Å². The molecule has 0 aliphatic carbocycles. The second kappa shape index (κ2) is 5.48. The van der Waals surface area contributed by atoms with Crippen LogP contribution in [0.15, 0.2) is 42.5 Å². The van der Waals surface area contributed by atoms with E-state index in [0.29, 0.717) is 12.2 Å². The van der Waals surface area contributed by atoms with Gasteiger partial charge in [-0.25, -0.2) is 4.79 Å².